The van der Waals surface area contributed by atoms with Crippen LogP contribution in [0.15, 0.2) is 67.3 Å². The Hall–Kier alpha value is -3.01. The van der Waals surface area contributed by atoms with Gasteiger partial charge in [-0.1, -0.05) is 36.4 Å². The van der Waals surface area contributed by atoms with Crippen molar-refractivity contribution in [2.45, 2.75) is 6.54 Å². The molecule has 0 amide bonds. The van der Waals surface area contributed by atoms with Gasteiger partial charge in [-0.3, -0.25) is 0 Å². The van der Waals surface area contributed by atoms with Gasteiger partial charge < -0.3 is 14.3 Å². The van der Waals surface area contributed by atoms with Crippen molar-refractivity contribution in [2.75, 3.05) is 7.11 Å². The van der Waals surface area contributed by atoms with Gasteiger partial charge in [0.2, 0.25) is 0 Å². The minimum atomic E-state index is 0.721. The fourth-order valence-corrected chi connectivity index (χ4v) is 2.97. The summed E-state index contributed by atoms with van der Waals surface area (Å²) in [5.74, 6) is 0.895. The number of ether oxygens (including phenoxy) is 1. The zero-order chi connectivity index (χ0) is 15.6. The molecule has 2 aromatic carbocycles. The molecule has 4 nitrogen and oxygen atoms in total. The van der Waals surface area contributed by atoms with Crippen molar-refractivity contribution in [3.05, 3.63) is 72.8 Å². The minimum Gasteiger partial charge on any atom is -0.496 e. The molecule has 0 radical (unpaired) electrons. The number of nitrogens with one attached hydrogen (secondary N) is 1. The van der Waals surface area contributed by atoms with E-state index in [2.05, 4.69) is 38.8 Å². The highest BCUT2D eigenvalue weighted by Gasteiger charge is 2.12. The van der Waals surface area contributed by atoms with Gasteiger partial charge in [-0.15, -0.1) is 0 Å². The highest BCUT2D eigenvalue weighted by molar-refractivity contribution is 5.94. The molecule has 0 unspecified atom stereocenters. The minimum absolute atomic E-state index is 0.721. The Labute approximate surface area is 134 Å². The van der Waals surface area contributed by atoms with E-state index in [9.17, 15) is 0 Å². The van der Waals surface area contributed by atoms with Gasteiger partial charge in [0.05, 0.1) is 31.9 Å². The molecule has 0 aliphatic heterocycles. The van der Waals surface area contributed by atoms with Gasteiger partial charge in [-0.2, -0.15) is 0 Å². The van der Waals surface area contributed by atoms with Crippen molar-refractivity contribution in [3.8, 4) is 17.0 Å². The maximum atomic E-state index is 5.46. The molecule has 4 aromatic rings. The third-order valence-electron chi connectivity index (χ3n) is 4.11. The third kappa shape index (κ3) is 2.38. The molecule has 0 saturated carbocycles. The molecule has 2 aromatic heterocycles. The second-order valence-electron chi connectivity index (χ2n) is 5.47. The maximum absolute atomic E-state index is 5.46. The maximum Gasteiger partial charge on any atom is 0.123 e. The topological polar surface area (TPSA) is 42.8 Å². The SMILES string of the molecule is COc1ccccc1Cn1cncc1-c1c[nH]c2ccccc12. The van der Waals surface area contributed by atoms with Crippen LogP contribution in [0.3, 0.4) is 0 Å². The van der Waals surface area contributed by atoms with Crippen LogP contribution in [0.4, 0.5) is 0 Å². The van der Waals surface area contributed by atoms with Gasteiger partial charge in [0.15, 0.2) is 0 Å². The van der Waals surface area contributed by atoms with E-state index in [1.165, 1.54) is 5.39 Å². The lowest BCUT2D eigenvalue weighted by Gasteiger charge is -2.11. The number of benzene rings is 2. The Morgan fingerprint density at radius 3 is 2.83 bits per heavy atom. The zero-order valence-electron chi connectivity index (χ0n) is 12.9. The van der Waals surface area contributed by atoms with Crippen LogP contribution in [-0.2, 0) is 6.54 Å². The molecule has 0 atom stereocenters. The second-order valence-corrected chi connectivity index (χ2v) is 5.47. The molecule has 23 heavy (non-hydrogen) atoms. The number of methoxy groups -OCH3 is 1. The first-order chi connectivity index (χ1) is 11.4. The molecular formula is C19H17N3O. The molecule has 1 N–H and O–H groups in total. The second kappa shape index (κ2) is 5.65. The van der Waals surface area contributed by atoms with Crippen LogP contribution in [0, 0.1) is 0 Å². The van der Waals surface area contributed by atoms with Crippen LogP contribution in [-0.4, -0.2) is 21.6 Å². The number of rotatable bonds is 4. The van der Waals surface area contributed by atoms with Crippen molar-refractivity contribution >= 4 is 10.9 Å². The molecular weight excluding hydrogens is 286 g/mol. The molecule has 4 heteroatoms. The average molecular weight is 303 g/mol. The summed E-state index contributed by atoms with van der Waals surface area (Å²) in [5.41, 5.74) is 4.52. The number of fused-ring (bicyclic) bond motifs is 1. The molecule has 0 saturated heterocycles. The van der Waals surface area contributed by atoms with Crippen LogP contribution in [0.5, 0.6) is 5.75 Å². The molecule has 2 heterocycles. The summed E-state index contributed by atoms with van der Waals surface area (Å²) in [6, 6.07) is 16.4. The van der Waals surface area contributed by atoms with Crippen molar-refractivity contribution in [3.63, 3.8) is 0 Å². The first-order valence-corrected chi connectivity index (χ1v) is 7.55. The summed E-state index contributed by atoms with van der Waals surface area (Å²) in [6.45, 7) is 0.721. The molecule has 0 aliphatic carbocycles. The molecule has 4 rings (SSSR count). The lowest BCUT2D eigenvalue weighted by molar-refractivity contribution is 0.408. The monoisotopic (exact) mass is 303 g/mol. The van der Waals surface area contributed by atoms with Gasteiger partial charge in [-0.25, -0.2) is 4.98 Å². The van der Waals surface area contributed by atoms with Gasteiger partial charge in [0.1, 0.15) is 5.75 Å². The summed E-state index contributed by atoms with van der Waals surface area (Å²) < 4.78 is 7.60. The largest absolute Gasteiger partial charge is 0.496 e. The number of imidazole rings is 1. The average Bonchev–Trinajstić information content (AvgIpc) is 3.21. The predicted molar refractivity (Wildman–Crippen MR) is 91.6 cm³/mol. The summed E-state index contributed by atoms with van der Waals surface area (Å²) >= 11 is 0. The number of hydrogen-bond acceptors (Lipinski definition) is 2. The fourth-order valence-electron chi connectivity index (χ4n) is 2.97. The Bertz CT molecular complexity index is 952. The molecule has 0 aliphatic rings. The fraction of sp³-hybridized carbons (Fsp3) is 0.105. The van der Waals surface area contributed by atoms with Crippen LogP contribution in [0.1, 0.15) is 5.56 Å². The van der Waals surface area contributed by atoms with E-state index in [1.807, 2.05) is 43.0 Å². The number of aromatic amines is 1. The van der Waals surface area contributed by atoms with Crippen molar-refractivity contribution in [1.29, 1.82) is 0 Å². The molecule has 0 bridgehead atoms. The highest BCUT2D eigenvalue weighted by atomic mass is 16.5. The number of nitrogens with zero attached hydrogens (tertiary/aromatic N) is 2. The molecule has 114 valence electrons. The summed E-state index contributed by atoms with van der Waals surface area (Å²) in [7, 11) is 1.70. The first-order valence-electron chi connectivity index (χ1n) is 7.55. The Kier molecular flexibility index (Phi) is 3.35. The van der Waals surface area contributed by atoms with E-state index in [0.29, 0.717) is 0 Å². The van der Waals surface area contributed by atoms with Gasteiger partial charge in [0.25, 0.3) is 0 Å². The lowest BCUT2D eigenvalue weighted by atomic mass is 10.1. The molecule has 0 fully saturated rings. The summed E-state index contributed by atoms with van der Waals surface area (Å²) in [5, 5.41) is 1.20. The normalized spacial score (nSPS) is 11.0. The van der Waals surface area contributed by atoms with E-state index >= 15 is 0 Å². The van der Waals surface area contributed by atoms with Gasteiger partial charge >= 0.3 is 0 Å². The van der Waals surface area contributed by atoms with Crippen molar-refractivity contribution < 1.29 is 4.74 Å². The van der Waals surface area contributed by atoms with E-state index < -0.39 is 0 Å². The standard InChI is InChI=1S/C19H17N3O/c1-23-19-9-5-2-6-14(19)12-22-13-20-11-18(22)16-10-21-17-8-4-3-7-15(16)17/h2-11,13,21H,12H2,1H3. The number of para-hydroxylation sites is 2. The van der Waals surface area contributed by atoms with Crippen molar-refractivity contribution in [2.24, 2.45) is 0 Å². The van der Waals surface area contributed by atoms with E-state index in [0.717, 1.165) is 34.6 Å². The van der Waals surface area contributed by atoms with Crippen LogP contribution in [0.2, 0.25) is 0 Å². The Balaban J connectivity index is 1.77. The first kappa shape index (κ1) is 13.6. The van der Waals surface area contributed by atoms with Gasteiger partial charge in [-0.05, 0) is 12.1 Å². The molecule has 0 spiro atoms. The predicted octanol–water partition coefficient (Wildman–Crippen LogP) is 4.09. The Morgan fingerprint density at radius 2 is 1.91 bits per heavy atom. The van der Waals surface area contributed by atoms with E-state index in [-0.39, 0.29) is 0 Å². The number of H-pyrrole nitrogens is 1. The number of hydrogen-bond donors (Lipinski definition) is 1. The third-order valence-corrected chi connectivity index (χ3v) is 4.11. The van der Waals surface area contributed by atoms with Gasteiger partial charge in [0, 0.05) is 28.2 Å². The summed E-state index contributed by atoms with van der Waals surface area (Å²) in [4.78, 5) is 7.67. The Morgan fingerprint density at radius 1 is 1.09 bits per heavy atom. The lowest BCUT2D eigenvalue weighted by Crippen LogP contribution is -2.02. The van der Waals surface area contributed by atoms with Crippen molar-refractivity contribution in [1.82, 2.24) is 14.5 Å². The number of aromatic nitrogens is 3. The summed E-state index contributed by atoms with van der Waals surface area (Å²) in [6.07, 6.45) is 5.81. The van der Waals surface area contributed by atoms with Crippen LogP contribution >= 0.6 is 0 Å². The van der Waals surface area contributed by atoms with E-state index in [4.69, 9.17) is 4.74 Å². The van der Waals surface area contributed by atoms with E-state index in [1.54, 1.807) is 7.11 Å². The quantitative estimate of drug-likeness (QED) is 0.617. The smallest absolute Gasteiger partial charge is 0.123 e. The highest BCUT2D eigenvalue weighted by Crippen LogP contribution is 2.29. The zero-order valence-corrected chi connectivity index (χ0v) is 12.9. The van der Waals surface area contributed by atoms with Crippen LogP contribution in [0.25, 0.3) is 22.2 Å². The van der Waals surface area contributed by atoms with Crippen LogP contribution < -0.4 is 4.74 Å².